The van der Waals surface area contributed by atoms with Crippen molar-refractivity contribution in [1.29, 1.82) is 0 Å². The predicted molar refractivity (Wildman–Crippen MR) is 92.9 cm³/mol. The average molecular weight is 349 g/mol. The van der Waals surface area contributed by atoms with E-state index >= 15 is 0 Å². The summed E-state index contributed by atoms with van der Waals surface area (Å²) < 4.78 is 15.8. The molecule has 1 saturated heterocycles. The maximum atomic E-state index is 12.1. The first-order valence-corrected chi connectivity index (χ1v) is 8.68. The van der Waals surface area contributed by atoms with Crippen molar-refractivity contribution < 1.29 is 23.8 Å². The number of hydrogen-bond donors (Lipinski definition) is 1. The second-order valence-corrected chi connectivity index (χ2v) is 6.61. The van der Waals surface area contributed by atoms with Gasteiger partial charge >= 0.3 is 12.1 Å². The molecule has 1 amide bonds. The zero-order chi connectivity index (χ0) is 18.2. The predicted octanol–water partition coefficient (Wildman–Crippen LogP) is 3.05. The third-order valence-electron chi connectivity index (χ3n) is 4.35. The highest BCUT2D eigenvalue weighted by molar-refractivity contribution is 5.81. The maximum absolute atomic E-state index is 12.1. The Hall–Kier alpha value is -2.08. The first-order chi connectivity index (χ1) is 12.0. The van der Waals surface area contributed by atoms with Crippen molar-refractivity contribution in [2.75, 3.05) is 7.11 Å². The smallest absolute Gasteiger partial charge is 0.408 e. The monoisotopic (exact) mass is 349 g/mol. The lowest BCUT2D eigenvalue weighted by molar-refractivity contribution is -0.144. The minimum absolute atomic E-state index is 0.150. The zero-order valence-corrected chi connectivity index (χ0v) is 15.1. The fraction of sp³-hybridized carbons (Fsp3) is 0.579. The van der Waals surface area contributed by atoms with E-state index in [0.717, 1.165) is 18.4 Å². The van der Waals surface area contributed by atoms with Crippen LogP contribution in [0.5, 0.6) is 0 Å². The summed E-state index contributed by atoms with van der Waals surface area (Å²) in [7, 11) is 1.32. The molecule has 1 heterocycles. The van der Waals surface area contributed by atoms with Gasteiger partial charge in [0.05, 0.1) is 19.3 Å². The number of nitrogens with one attached hydrogen (secondary N) is 1. The van der Waals surface area contributed by atoms with Gasteiger partial charge in [0, 0.05) is 0 Å². The summed E-state index contributed by atoms with van der Waals surface area (Å²) in [6.45, 7) is 4.21. The Kier molecular flexibility index (Phi) is 7.25. The van der Waals surface area contributed by atoms with Crippen LogP contribution in [-0.2, 0) is 25.6 Å². The third kappa shape index (κ3) is 6.38. The molecule has 0 saturated carbocycles. The van der Waals surface area contributed by atoms with E-state index in [9.17, 15) is 9.59 Å². The molecule has 1 aliphatic heterocycles. The largest absolute Gasteiger partial charge is 0.467 e. The van der Waals surface area contributed by atoms with Crippen LogP contribution in [0.2, 0.25) is 0 Å². The second-order valence-electron chi connectivity index (χ2n) is 6.61. The summed E-state index contributed by atoms with van der Waals surface area (Å²) in [6.07, 6.45) is 1.92. The molecule has 1 fully saturated rings. The van der Waals surface area contributed by atoms with Crippen LogP contribution >= 0.6 is 0 Å². The van der Waals surface area contributed by atoms with Crippen LogP contribution in [0.25, 0.3) is 0 Å². The Bertz CT molecular complexity index is 552. The molecule has 6 heteroatoms. The van der Waals surface area contributed by atoms with Gasteiger partial charge in [0.1, 0.15) is 12.6 Å². The molecule has 1 N–H and O–H groups in total. The van der Waals surface area contributed by atoms with Gasteiger partial charge in [-0.05, 0) is 44.6 Å². The summed E-state index contributed by atoms with van der Waals surface area (Å²) in [6, 6.07) is 8.68. The molecule has 1 aromatic rings. The number of alkyl carbamates (subject to hydrolysis) is 1. The van der Waals surface area contributed by atoms with E-state index < -0.39 is 18.1 Å². The first kappa shape index (κ1) is 19.2. The molecule has 25 heavy (non-hydrogen) atoms. The van der Waals surface area contributed by atoms with Crippen LogP contribution in [0.1, 0.15) is 38.7 Å². The minimum atomic E-state index is -0.712. The molecule has 2 rings (SSSR count). The molecule has 0 spiro atoms. The SMILES string of the molecule is COC(=O)[C@H](C[C@@H]1C[C@@H](C)O[C@@H](C)C1)NC(=O)OCc1ccccc1. The minimum Gasteiger partial charge on any atom is -0.467 e. The number of esters is 1. The number of hydrogen-bond acceptors (Lipinski definition) is 5. The van der Waals surface area contributed by atoms with Crippen molar-refractivity contribution >= 4 is 12.1 Å². The van der Waals surface area contributed by atoms with Crippen molar-refractivity contribution in [3.05, 3.63) is 35.9 Å². The molecule has 1 aromatic carbocycles. The number of carbonyl (C=O) groups is 2. The van der Waals surface area contributed by atoms with Gasteiger partial charge in [-0.25, -0.2) is 9.59 Å². The summed E-state index contributed by atoms with van der Waals surface area (Å²) in [4.78, 5) is 24.1. The molecule has 1 aliphatic rings. The van der Waals surface area contributed by atoms with Gasteiger partial charge in [-0.1, -0.05) is 30.3 Å². The van der Waals surface area contributed by atoms with Gasteiger partial charge in [0.15, 0.2) is 0 Å². The Morgan fingerprint density at radius 1 is 1.20 bits per heavy atom. The van der Waals surface area contributed by atoms with E-state index in [4.69, 9.17) is 14.2 Å². The molecule has 138 valence electrons. The molecular weight excluding hydrogens is 322 g/mol. The van der Waals surface area contributed by atoms with Gasteiger partial charge in [0.2, 0.25) is 0 Å². The Morgan fingerprint density at radius 3 is 2.44 bits per heavy atom. The maximum Gasteiger partial charge on any atom is 0.408 e. The third-order valence-corrected chi connectivity index (χ3v) is 4.35. The van der Waals surface area contributed by atoms with Crippen LogP contribution in [0.4, 0.5) is 4.79 Å². The van der Waals surface area contributed by atoms with Crippen molar-refractivity contribution in [3.63, 3.8) is 0 Å². The van der Waals surface area contributed by atoms with Crippen molar-refractivity contribution in [1.82, 2.24) is 5.32 Å². The highest BCUT2D eigenvalue weighted by atomic mass is 16.6. The average Bonchev–Trinajstić information content (AvgIpc) is 2.58. The fourth-order valence-corrected chi connectivity index (χ4v) is 3.33. The zero-order valence-electron chi connectivity index (χ0n) is 15.1. The lowest BCUT2D eigenvalue weighted by Crippen LogP contribution is -2.44. The topological polar surface area (TPSA) is 73.9 Å². The number of benzene rings is 1. The van der Waals surface area contributed by atoms with Crippen LogP contribution < -0.4 is 5.32 Å². The summed E-state index contributed by atoms with van der Waals surface area (Å²) >= 11 is 0. The molecular formula is C19H27NO5. The quantitative estimate of drug-likeness (QED) is 0.799. The fourth-order valence-electron chi connectivity index (χ4n) is 3.33. The Morgan fingerprint density at radius 2 is 1.84 bits per heavy atom. The molecule has 0 unspecified atom stereocenters. The van der Waals surface area contributed by atoms with Gasteiger partial charge in [0.25, 0.3) is 0 Å². The standard InChI is InChI=1S/C19H27NO5/c1-13-9-16(10-14(2)25-13)11-17(18(21)23-3)20-19(22)24-12-15-7-5-4-6-8-15/h4-8,13-14,16-17H,9-12H2,1-3H3,(H,20,22)/t13-,14+,16-,17-/m0/s1. The molecule has 0 aromatic heterocycles. The van der Waals surface area contributed by atoms with E-state index in [1.165, 1.54) is 7.11 Å². The Labute approximate surface area is 148 Å². The normalized spacial score (nSPS) is 24.2. The second kappa shape index (κ2) is 9.42. The van der Waals surface area contributed by atoms with E-state index in [1.54, 1.807) is 0 Å². The van der Waals surface area contributed by atoms with Gasteiger partial charge in [-0.15, -0.1) is 0 Å². The first-order valence-electron chi connectivity index (χ1n) is 8.68. The number of carbonyl (C=O) groups excluding carboxylic acids is 2. The van der Waals surface area contributed by atoms with Gasteiger partial charge in [-0.2, -0.15) is 0 Å². The number of rotatable bonds is 6. The van der Waals surface area contributed by atoms with Crippen LogP contribution in [0, 0.1) is 5.92 Å². The van der Waals surface area contributed by atoms with Crippen LogP contribution in [0.15, 0.2) is 30.3 Å². The summed E-state index contributed by atoms with van der Waals surface area (Å²) in [5.41, 5.74) is 0.888. The van der Waals surface area contributed by atoms with Crippen molar-refractivity contribution in [3.8, 4) is 0 Å². The molecule has 0 bridgehead atoms. The molecule has 0 radical (unpaired) electrons. The van der Waals surface area contributed by atoms with Crippen LogP contribution in [0.3, 0.4) is 0 Å². The molecule has 4 atom stereocenters. The van der Waals surface area contributed by atoms with E-state index in [0.29, 0.717) is 6.42 Å². The number of methoxy groups -OCH3 is 1. The van der Waals surface area contributed by atoms with E-state index in [2.05, 4.69) is 5.32 Å². The Balaban J connectivity index is 1.88. The lowest BCUT2D eigenvalue weighted by Gasteiger charge is -2.33. The molecule has 6 nitrogen and oxygen atoms in total. The highest BCUT2D eigenvalue weighted by Gasteiger charge is 2.31. The van der Waals surface area contributed by atoms with Gasteiger partial charge in [-0.3, -0.25) is 0 Å². The lowest BCUT2D eigenvalue weighted by atomic mass is 9.87. The summed E-state index contributed by atoms with van der Waals surface area (Å²) in [5.74, 6) is -0.166. The highest BCUT2D eigenvalue weighted by Crippen LogP contribution is 2.28. The van der Waals surface area contributed by atoms with E-state index in [1.807, 2.05) is 44.2 Å². The van der Waals surface area contributed by atoms with E-state index in [-0.39, 0.29) is 24.7 Å². The number of amides is 1. The van der Waals surface area contributed by atoms with Crippen molar-refractivity contribution in [2.24, 2.45) is 5.92 Å². The van der Waals surface area contributed by atoms with Gasteiger partial charge < -0.3 is 19.5 Å². The van der Waals surface area contributed by atoms with Crippen LogP contribution in [-0.4, -0.2) is 37.4 Å². The van der Waals surface area contributed by atoms with Crippen molar-refractivity contribution in [2.45, 2.75) is 58.0 Å². The summed E-state index contributed by atoms with van der Waals surface area (Å²) in [5, 5.41) is 2.64. The molecule has 0 aliphatic carbocycles. The number of ether oxygens (including phenoxy) is 3.